The molecule has 3 heterocycles. The summed E-state index contributed by atoms with van der Waals surface area (Å²) in [5.41, 5.74) is 3.91. The Morgan fingerprint density at radius 2 is 1.82 bits per heavy atom. The Bertz CT molecular complexity index is 1480. The van der Waals surface area contributed by atoms with Crippen LogP contribution in [0.3, 0.4) is 0 Å². The number of hydrogen-bond acceptors (Lipinski definition) is 7. The number of carbonyl (C=O) groups is 4. The van der Waals surface area contributed by atoms with Crippen LogP contribution < -0.4 is 15.4 Å². The molecule has 1 aliphatic carbocycles. The van der Waals surface area contributed by atoms with E-state index in [9.17, 15) is 19.2 Å². The third-order valence-electron chi connectivity index (χ3n) is 7.77. The van der Waals surface area contributed by atoms with Crippen LogP contribution in [0.4, 0.5) is 5.82 Å². The molecule has 1 aromatic heterocycles. The highest BCUT2D eigenvalue weighted by Gasteiger charge is 2.43. The number of imide groups is 1. The molecule has 0 bridgehead atoms. The van der Waals surface area contributed by atoms with Gasteiger partial charge in [0.15, 0.2) is 5.82 Å². The molecule has 0 radical (unpaired) electrons. The minimum absolute atomic E-state index is 0.142. The van der Waals surface area contributed by atoms with Crippen molar-refractivity contribution < 1.29 is 23.9 Å². The predicted molar refractivity (Wildman–Crippen MR) is 149 cm³/mol. The van der Waals surface area contributed by atoms with Crippen LogP contribution >= 0.6 is 12.6 Å². The highest BCUT2D eigenvalue weighted by Crippen LogP contribution is 2.39. The second kappa shape index (κ2) is 10.8. The molecule has 4 amide bonds. The zero-order valence-electron chi connectivity index (χ0n) is 21.7. The van der Waals surface area contributed by atoms with Crippen molar-refractivity contribution in [2.45, 2.75) is 62.5 Å². The van der Waals surface area contributed by atoms with E-state index in [0.717, 1.165) is 35.2 Å². The van der Waals surface area contributed by atoms with Gasteiger partial charge in [0, 0.05) is 29.7 Å². The first kappa shape index (κ1) is 26.1. The maximum Gasteiger partial charge on any atom is 0.256 e. The number of piperidine rings is 1. The summed E-state index contributed by atoms with van der Waals surface area (Å²) >= 11 is 4.59. The summed E-state index contributed by atoms with van der Waals surface area (Å²) in [5, 5.41) is 11.8. The number of hydrogen-bond donors (Lipinski definition) is 4. The summed E-state index contributed by atoms with van der Waals surface area (Å²) in [5.74, 6) is 0.467. The third-order valence-corrected chi connectivity index (χ3v) is 8.30. The fourth-order valence-electron chi connectivity index (χ4n) is 5.33. The number of nitrogens with zero attached hydrogens (tertiary/aromatic N) is 2. The Morgan fingerprint density at radius 1 is 1.05 bits per heavy atom. The number of nitrogens with one attached hydrogen (secondary N) is 3. The largest absolute Gasteiger partial charge is 0.489 e. The SMILES string of the molecule is O=C1CCC(N2C(=O)c3cc(COc4ccc(CC(=O)Nc5cc(C6CCC6)[nH]n5)cc4)ccc3C2S)C(=O)N1. The van der Waals surface area contributed by atoms with Gasteiger partial charge in [-0.15, -0.1) is 12.6 Å². The lowest BCUT2D eigenvalue weighted by molar-refractivity contribution is -0.137. The molecule has 3 N–H and O–H groups in total. The first-order valence-corrected chi connectivity index (χ1v) is 13.9. The lowest BCUT2D eigenvalue weighted by Crippen LogP contribution is -2.53. The van der Waals surface area contributed by atoms with Gasteiger partial charge in [-0.3, -0.25) is 29.6 Å². The van der Waals surface area contributed by atoms with E-state index in [4.69, 9.17) is 4.74 Å². The minimum Gasteiger partial charge on any atom is -0.489 e. The van der Waals surface area contributed by atoms with Gasteiger partial charge in [-0.1, -0.05) is 30.7 Å². The molecule has 10 nitrogen and oxygen atoms in total. The number of rotatable bonds is 8. The van der Waals surface area contributed by atoms with Gasteiger partial charge >= 0.3 is 0 Å². The summed E-state index contributed by atoms with van der Waals surface area (Å²) in [7, 11) is 0. The number of benzene rings is 2. The minimum atomic E-state index is -0.732. The van der Waals surface area contributed by atoms with Crippen molar-refractivity contribution in [2.75, 3.05) is 5.32 Å². The highest BCUT2D eigenvalue weighted by atomic mass is 32.1. The Labute approximate surface area is 236 Å². The number of ether oxygens (including phenoxy) is 1. The average Bonchev–Trinajstić information content (AvgIpc) is 3.44. The molecule has 2 aromatic carbocycles. The summed E-state index contributed by atoms with van der Waals surface area (Å²) in [6, 6.07) is 13.9. The molecule has 11 heteroatoms. The van der Waals surface area contributed by atoms with Gasteiger partial charge in [0.1, 0.15) is 23.8 Å². The summed E-state index contributed by atoms with van der Waals surface area (Å²) in [6.45, 7) is 0.235. The second-order valence-corrected chi connectivity index (χ2v) is 11.0. The number of amides is 4. The molecule has 2 aliphatic heterocycles. The Balaban J connectivity index is 1.03. The zero-order valence-corrected chi connectivity index (χ0v) is 22.6. The van der Waals surface area contributed by atoms with E-state index in [2.05, 4.69) is 33.5 Å². The molecule has 1 saturated carbocycles. The van der Waals surface area contributed by atoms with Crippen LogP contribution in [-0.2, 0) is 27.4 Å². The van der Waals surface area contributed by atoms with Crippen LogP contribution in [-0.4, -0.2) is 44.8 Å². The van der Waals surface area contributed by atoms with Crippen LogP contribution in [0.15, 0.2) is 48.5 Å². The molecule has 2 fully saturated rings. The summed E-state index contributed by atoms with van der Waals surface area (Å²) in [6.07, 6.45) is 4.24. The van der Waals surface area contributed by atoms with E-state index < -0.39 is 17.3 Å². The van der Waals surface area contributed by atoms with Gasteiger partial charge in [0.05, 0.1) is 6.42 Å². The Morgan fingerprint density at radius 3 is 2.55 bits per heavy atom. The van der Waals surface area contributed by atoms with E-state index in [0.29, 0.717) is 23.0 Å². The van der Waals surface area contributed by atoms with Crippen molar-refractivity contribution >= 4 is 42.1 Å². The highest BCUT2D eigenvalue weighted by molar-refractivity contribution is 7.80. The molecule has 40 heavy (non-hydrogen) atoms. The molecular weight excluding hydrogens is 530 g/mol. The smallest absolute Gasteiger partial charge is 0.256 e. The van der Waals surface area contributed by atoms with Gasteiger partial charge in [-0.2, -0.15) is 5.10 Å². The number of aromatic nitrogens is 2. The molecule has 0 spiro atoms. The van der Waals surface area contributed by atoms with Gasteiger partial charge in [-0.25, -0.2) is 0 Å². The van der Waals surface area contributed by atoms with Gasteiger partial charge < -0.3 is 15.0 Å². The maximum atomic E-state index is 13.2. The molecular formula is C29H29N5O5S. The number of H-pyrrole nitrogens is 1. The predicted octanol–water partition coefficient (Wildman–Crippen LogP) is 3.63. The van der Waals surface area contributed by atoms with E-state index in [-0.39, 0.29) is 43.6 Å². The lowest BCUT2D eigenvalue weighted by atomic mass is 9.83. The maximum absolute atomic E-state index is 13.2. The van der Waals surface area contributed by atoms with E-state index in [1.54, 1.807) is 18.2 Å². The van der Waals surface area contributed by atoms with Crippen LogP contribution in [0.2, 0.25) is 0 Å². The van der Waals surface area contributed by atoms with Crippen LogP contribution in [0.1, 0.15) is 76.1 Å². The monoisotopic (exact) mass is 559 g/mol. The molecule has 2 unspecified atom stereocenters. The lowest BCUT2D eigenvalue weighted by Gasteiger charge is -2.32. The fraction of sp³-hybridized carbons (Fsp3) is 0.345. The summed E-state index contributed by atoms with van der Waals surface area (Å²) < 4.78 is 5.92. The van der Waals surface area contributed by atoms with Crippen molar-refractivity contribution in [3.05, 3.63) is 76.5 Å². The number of fused-ring (bicyclic) bond motifs is 1. The van der Waals surface area contributed by atoms with Gasteiger partial charge in [-0.05, 0) is 54.2 Å². The number of anilines is 1. The van der Waals surface area contributed by atoms with Crippen LogP contribution in [0, 0.1) is 0 Å². The van der Waals surface area contributed by atoms with E-state index in [1.807, 2.05) is 30.3 Å². The average molecular weight is 560 g/mol. The molecule has 206 valence electrons. The molecule has 3 aliphatic rings. The zero-order chi connectivity index (χ0) is 27.8. The topological polar surface area (TPSA) is 133 Å². The standard InChI is InChI=1S/C29H29N5O5S/c35-25-11-10-23(27(37)31-25)34-28(38)21-12-17(6-9-20(21)29(34)40)15-39-19-7-4-16(5-8-19)13-26(36)30-24-14-22(32-33-24)18-2-1-3-18/h4-9,12,14,18,23,29,40H,1-3,10-11,13,15H2,(H,31,35,37)(H2,30,32,33,36). The van der Waals surface area contributed by atoms with Crippen molar-refractivity contribution in [1.82, 2.24) is 20.4 Å². The van der Waals surface area contributed by atoms with Crippen molar-refractivity contribution in [3.8, 4) is 5.75 Å². The summed E-state index contributed by atoms with van der Waals surface area (Å²) in [4.78, 5) is 51.0. The Hall–Kier alpha value is -4.12. The first-order valence-electron chi connectivity index (χ1n) is 13.4. The molecule has 3 aromatic rings. The van der Waals surface area contributed by atoms with Crippen LogP contribution in [0.5, 0.6) is 5.75 Å². The van der Waals surface area contributed by atoms with Gasteiger partial charge in [0.25, 0.3) is 5.91 Å². The van der Waals surface area contributed by atoms with E-state index in [1.165, 1.54) is 11.3 Å². The molecule has 2 atom stereocenters. The number of aromatic amines is 1. The van der Waals surface area contributed by atoms with Crippen LogP contribution in [0.25, 0.3) is 0 Å². The van der Waals surface area contributed by atoms with Gasteiger partial charge in [0.2, 0.25) is 17.7 Å². The normalized spacial score (nSPS) is 20.6. The van der Waals surface area contributed by atoms with Crippen molar-refractivity contribution in [2.24, 2.45) is 0 Å². The molecule has 6 rings (SSSR count). The van der Waals surface area contributed by atoms with Crippen molar-refractivity contribution in [1.29, 1.82) is 0 Å². The molecule has 1 saturated heterocycles. The van der Waals surface area contributed by atoms with Crippen molar-refractivity contribution in [3.63, 3.8) is 0 Å². The third kappa shape index (κ3) is 5.21. The first-order chi connectivity index (χ1) is 19.4. The fourth-order valence-corrected chi connectivity index (χ4v) is 5.83. The number of carbonyl (C=O) groups excluding carboxylic acids is 4. The quantitative estimate of drug-likeness (QED) is 0.246. The number of thiol groups is 1. The second-order valence-electron chi connectivity index (χ2n) is 10.5. The van der Waals surface area contributed by atoms with E-state index >= 15 is 0 Å². The Kier molecular flexibility index (Phi) is 7.05.